The van der Waals surface area contributed by atoms with Crippen molar-refractivity contribution in [2.24, 2.45) is 0 Å². The lowest BCUT2D eigenvalue weighted by Crippen LogP contribution is -1.92. The van der Waals surface area contributed by atoms with Crippen LogP contribution in [0.4, 0.5) is 16.5 Å². The quantitative estimate of drug-likeness (QED) is 0.679. The summed E-state index contributed by atoms with van der Waals surface area (Å²) in [5.41, 5.74) is 9.46. The Morgan fingerprint density at radius 3 is 2.95 bits per heavy atom. The summed E-state index contributed by atoms with van der Waals surface area (Å²) in [4.78, 5) is 4.53. The average Bonchev–Trinajstić information content (AvgIpc) is 2.76. The fraction of sp³-hybridized carbons (Fsp3) is 0.0714. The topological polar surface area (TPSA) is 50.9 Å². The van der Waals surface area contributed by atoms with Crippen LogP contribution in [0, 0.1) is 6.92 Å². The number of nitrogen functional groups attached to an aromatic ring is 1. The Labute approximate surface area is 120 Å². The molecule has 0 aliphatic heterocycles. The van der Waals surface area contributed by atoms with Gasteiger partial charge >= 0.3 is 0 Å². The van der Waals surface area contributed by atoms with Gasteiger partial charge in [-0.15, -0.1) is 0 Å². The lowest BCUT2D eigenvalue weighted by atomic mass is 10.2. The Balaban J connectivity index is 1.99. The van der Waals surface area contributed by atoms with Crippen LogP contribution in [-0.2, 0) is 0 Å². The number of nitrogens with zero attached hydrogens (tertiary/aromatic N) is 1. The molecule has 0 bridgehead atoms. The molecule has 0 radical (unpaired) electrons. The van der Waals surface area contributed by atoms with Crippen LogP contribution in [0.1, 0.15) is 5.56 Å². The van der Waals surface area contributed by atoms with Crippen LogP contribution in [0.15, 0.2) is 36.4 Å². The Bertz CT molecular complexity index is 752. The summed E-state index contributed by atoms with van der Waals surface area (Å²) < 4.78 is 1.07. The van der Waals surface area contributed by atoms with E-state index in [4.69, 9.17) is 17.3 Å². The zero-order valence-corrected chi connectivity index (χ0v) is 11.8. The summed E-state index contributed by atoms with van der Waals surface area (Å²) in [7, 11) is 0. The van der Waals surface area contributed by atoms with Gasteiger partial charge in [-0.2, -0.15) is 0 Å². The molecule has 0 atom stereocenters. The second kappa shape index (κ2) is 4.72. The first-order valence-electron chi connectivity index (χ1n) is 5.82. The zero-order valence-electron chi connectivity index (χ0n) is 10.3. The highest BCUT2D eigenvalue weighted by Gasteiger charge is 2.07. The third kappa shape index (κ3) is 2.37. The lowest BCUT2D eigenvalue weighted by molar-refractivity contribution is 1.40. The van der Waals surface area contributed by atoms with Crippen molar-refractivity contribution in [3.8, 4) is 0 Å². The minimum atomic E-state index is 0.746. The van der Waals surface area contributed by atoms with Gasteiger partial charge in [-0.3, -0.25) is 0 Å². The maximum Gasteiger partial charge on any atom is 0.188 e. The standard InChI is InChI=1S/C14H12ClN3S/c1-8-10(15)3-2-4-11(8)17-14-18-12-6-5-9(16)7-13(12)19-14/h2-7H,16H2,1H3,(H,17,18). The molecule has 3 N–H and O–H groups in total. The number of halogens is 1. The van der Waals surface area contributed by atoms with E-state index in [0.717, 1.165) is 37.3 Å². The van der Waals surface area contributed by atoms with Gasteiger partial charge in [0.1, 0.15) is 0 Å². The second-order valence-corrected chi connectivity index (χ2v) is 5.72. The number of thiazole rings is 1. The highest BCUT2D eigenvalue weighted by molar-refractivity contribution is 7.22. The van der Waals surface area contributed by atoms with Crippen LogP contribution in [0.5, 0.6) is 0 Å². The van der Waals surface area contributed by atoms with E-state index in [1.54, 1.807) is 11.3 Å². The number of hydrogen-bond donors (Lipinski definition) is 2. The van der Waals surface area contributed by atoms with Gasteiger partial charge in [0.05, 0.1) is 10.2 Å². The molecule has 19 heavy (non-hydrogen) atoms. The zero-order chi connectivity index (χ0) is 13.4. The van der Waals surface area contributed by atoms with Crippen molar-refractivity contribution in [3.63, 3.8) is 0 Å². The molecule has 96 valence electrons. The summed E-state index contributed by atoms with van der Waals surface area (Å²) in [6.07, 6.45) is 0. The SMILES string of the molecule is Cc1c(Cl)cccc1Nc1nc2ccc(N)cc2s1. The molecule has 0 spiro atoms. The first-order chi connectivity index (χ1) is 9.13. The van der Waals surface area contributed by atoms with E-state index in [1.165, 1.54) is 0 Å². The number of anilines is 3. The Morgan fingerprint density at radius 2 is 2.11 bits per heavy atom. The van der Waals surface area contributed by atoms with Crippen LogP contribution in [0.3, 0.4) is 0 Å². The van der Waals surface area contributed by atoms with Crippen molar-refractivity contribution in [3.05, 3.63) is 47.0 Å². The van der Waals surface area contributed by atoms with Crippen molar-refractivity contribution in [2.75, 3.05) is 11.1 Å². The highest BCUT2D eigenvalue weighted by Crippen LogP contribution is 2.31. The molecule has 0 aliphatic rings. The molecule has 3 nitrogen and oxygen atoms in total. The minimum absolute atomic E-state index is 0.746. The van der Waals surface area contributed by atoms with Gasteiger partial charge in [0.15, 0.2) is 5.13 Å². The summed E-state index contributed by atoms with van der Waals surface area (Å²) in [5.74, 6) is 0. The van der Waals surface area contributed by atoms with Crippen molar-refractivity contribution in [1.82, 2.24) is 4.98 Å². The predicted molar refractivity (Wildman–Crippen MR) is 83.5 cm³/mol. The summed E-state index contributed by atoms with van der Waals surface area (Å²) in [5, 5.41) is 4.89. The average molecular weight is 290 g/mol. The summed E-state index contributed by atoms with van der Waals surface area (Å²) in [6, 6.07) is 11.5. The first-order valence-corrected chi connectivity index (χ1v) is 7.01. The van der Waals surface area contributed by atoms with Crippen molar-refractivity contribution in [1.29, 1.82) is 0 Å². The van der Waals surface area contributed by atoms with Crippen LogP contribution in [0.2, 0.25) is 5.02 Å². The third-order valence-corrected chi connectivity index (χ3v) is 4.26. The van der Waals surface area contributed by atoms with Crippen LogP contribution >= 0.6 is 22.9 Å². The molecule has 2 aromatic carbocycles. The van der Waals surface area contributed by atoms with E-state index in [0.29, 0.717) is 0 Å². The predicted octanol–water partition coefficient (Wildman–Crippen LogP) is 4.58. The molecular formula is C14H12ClN3S. The molecule has 5 heteroatoms. The fourth-order valence-corrected chi connectivity index (χ4v) is 2.95. The van der Waals surface area contributed by atoms with Gasteiger partial charge in [-0.25, -0.2) is 4.98 Å². The van der Waals surface area contributed by atoms with E-state index >= 15 is 0 Å². The molecule has 0 amide bonds. The van der Waals surface area contributed by atoms with E-state index in [2.05, 4.69) is 10.3 Å². The molecule has 3 rings (SSSR count). The summed E-state index contributed by atoms with van der Waals surface area (Å²) >= 11 is 7.68. The largest absolute Gasteiger partial charge is 0.399 e. The number of aromatic nitrogens is 1. The molecular weight excluding hydrogens is 278 g/mol. The molecule has 0 fully saturated rings. The molecule has 3 aromatic rings. The maximum absolute atomic E-state index is 6.11. The Morgan fingerprint density at radius 1 is 1.26 bits per heavy atom. The monoisotopic (exact) mass is 289 g/mol. The number of fused-ring (bicyclic) bond motifs is 1. The Hall–Kier alpha value is -1.78. The number of nitrogens with two attached hydrogens (primary N) is 1. The van der Waals surface area contributed by atoms with Crippen molar-refractivity contribution in [2.45, 2.75) is 6.92 Å². The third-order valence-electron chi connectivity index (χ3n) is 2.92. The smallest absolute Gasteiger partial charge is 0.188 e. The molecule has 1 aromatic heterocycles. The minimum Gasteiger partial charge on any atom is -0.399 e. The molecule has 0 aliphatic carbocycles. The van der Waals surface area contributed by atoms with Crippen LogP contribution in [0.25, 0.3) is 10.2 Å². The van der Waals surface area contributed by atoms with Crippen LogP contribution < -0.4 is 11.1 Å². The second-order valence-electron chi connectivity index (χ2n) is 4.28. The number of benzene rings is 2. The molecule has 1 heterocycles. The molecule has 0 unspecified atom stereocenters. The van der Waals surface area contributed by atoms with Crippen LogP contribution in [-0.4, -0.2) is 4.98 Å². The normalized spacial score (nSPS) is 10.8. The fourth-order valence-electron chi connectivity index (χ4n) is 1.85. The van der Waals surface area contributed by atoms with Crippen molar-refractivity contribution >= 4 is 49.7 Å². The van der Waals surface area contributed by atoms with E-state index in [1.807, 2.05) is 43.3 Å². The van der Waals surface area contributed by atoms with Gasteiger partial charge in [0, 0.05) is 16.4 Å². The van der Waals surface area contributed by atoms with E-state index in [9.17, 15) is 0 Å². The highest BCUT2D eigenvalue weighted by atomic mass is 35.5. The number of nitrogens with one attached hydrogen (secondary N) is 1. The van der Waals surface area contributed by atoms with E-state index in [-0.39, 0.29) is 0 Å². The Kier molecular flexibility index (Phi) is 3.05. The van der Waals surface area contributed by atoms with Crippen molar-refractivity contribution < 1.29 is 0 Å². The van der Waals surface area contributed by atoms with Gasteiger partial charge < -0.3 is 11.1 Å². The first kappa shape index (κ1) is 12.3. The molecule has 0 saturated heterocycles. The maximum atomic E-state index is 6.11. The number of rotatable bonds is 2. The number of hydrogen-bond acceptors (Lipinski definition) is 4. The van der Waals surface area contributed by atoms with E-state index < -0.39 is 0 Å². The van der Waals surface area contributed by atoms with Gasteiger partial charge in [-0.05, 0) is 42.8 Å². The molecule has 0 saturated carbocycles. The van der Waals surface area contributed by atoms with Gasteiger partial charge in [0.2, 0.25) is 0 Å². The lowest BCUT2D eigenvalue weighted by Gasteiger charge is -2.07. The van der Waals surface area contributed by atoms with Gasteiger partial charge in [-0.1, -0.05) is 29.0 Å². The van der Waals surface area contributed by atoms with Gasteiger partial charge in [0.25, 0.3) is 0 Å². The summed E-state index contributed by atoms with van der Waals surface area (Å²) in [6.45, 7) is 1.98.